The molecule has 98 valence electrons. The molecule has 1 N–H and O–H groups in total. The van der Waals surface area contributed by atoms with Crippen molar-refractivity contribution in [3.63, 3.8) is 0 Å². The molecule has 0 aliphatic carbocycles. The lowest BCUT2D eigenvalue weighted by atomic mass is 10.1. The average Bonchev–Trinajstić information content (AvgIpc) is 2.32. The monoisotopic (exact) mass is 268 g/mol. The minimum atomic E-state index is -0.00230. The molecule has 1 saturated heterocycles. The van der Waals surface area contributed by atoms with E-state index < -0.39 is 0 Å². The van der Waals surface area contributed by atoms with Gasteiger partial charge in [0, 0.05) is 24.7 Å². The molecule has 5 heteroatoms. The first-order valence-corrected chi connectivity index (χ1v) is 6.40. The number of carbonyl (C=O) groups is 1. The lowest BCUT2D eigenvalue weighted by Crippen LogP contribution is -2.58. The van der Waals surface area contributed by atoms with Crippen LogP contribution in [0.1, 0.15) is 17.3 Å². The molecule has 18 heavy (non-hydrogen) atoms. The SMILES string of the molecule is CCN(C(=O)c1ccc(Cl)cc1OC)C1CNC1. The zero-order chi connectivity index (χ0) is 13.1. The normalized spacial score (nSPS) is 15.1. The topological polar surface area (TPSA) is 41.6 Å². The van der Waals surface area contributed by atoms with Gasteiger partial charge in [-0.1, -0.05) is 11.6 Å². The van der Waals surface area contributed by atoms with Gasteiger partial charge < -0.3 is 15.0 Å². The molecule has 2 rings (SSSR count). The summed E-state index contributed by atoms with van der Waals surface area (Å²) in [4.78, 5) is 14.3. The van der Waals surface area contributed by atoms with Crippen molar-refractivity contribution in [1.29, 1.82) is 0 Å². The molecule has 0 aromatic heterocycles. The molecule has 0 spiro atoms. The van der Waals surface area contributed by atoms with E-state index in [1.807, 2.05) is 11.8 Å². The van der Waals surface area contributed by atoms with Crippen LogP contribution in [0, 0.1) is 0 Å². The summed E-state index contributed by atoms with van der Waals surface area (Å²) in [6.45, 7) is 4.39. The Morgan fingerprint density at radius 1 is 1.56 bits per heavy atom. The van der Waals surface area contributed by atoms with Gasteiger partial charge in [0.1, 0.15) is 5.75 Å². The number of rotatable bonds is 4. The van der Waals surface area contributed by atoms with Crippen molar-refractivity contribution >= 4 is 17.5 Å². The second-order valence-corrected chi connectivity index (χ2v) is 4.68. The van der Waals surface area contributed by atoms with Crippen molar-refractivity contribution in [3.8, 4) is 5.75 Å². The maximum absolute atomic E-state index is 12.5. The van der Waals surface area contributed by atoms with Crippen LogP contribution in [0.5, 0.6) is 5.75 Å². The fraction of sp³-hybridized carbons (Fsp3) is 0.462. The Bertz CT molecular complexity index is 447. The number of hydrogen-bond acceptors (Lipinski definition) is 3. The van der Waals surface area contributed by atoms with Gasteiger partial charge >= 0.3 is 0 Å². The van der Waals surface area contributed by atoms with E-state index >= 15 is 0 Å². The largest absolute Gasteiger partial charge is 0.496 e. The molecule has 0 saturated carbocycles. The number of ether oxygens (including phenoxy) is 1. The van der Waals surface area contributed by atoms with Crippen LogP contribution in [0.25, 0.3) is 0 Å². The number of benzene rings is 1. The Morgan fingerprint density at radius 2 is 2.28 bits per heavy atom. The molecular weight excluding hydrogens is 252 g/mol. The third-order valence-corrected chi connectivity index (χ3v) is 3.43. The van der Waals surface area contributed by atoms with E-state index in [1.165, 1.54) is 0 Å². The van der Waals surface area contributed by atoms with E-state index in [9.17, 15) is 4.79 Å². The molecule has 1 amide bonds. The van der Waals surface area contributed by atoms with Crippen molar-refractivity contribution in [1.82, 2.24) is 10.2 Å². The molecule has 0 bridgehead atoms. The highest BCUT2D eigenvalue weighted by molar-refractivity contribution is 6.30. The second kappa shape index (κ2) is 5.59. The Kier molecular flexibility index (Phi) is 4.09. The lowest BCUT2D eigenvalue weighted by Gasteiger charge is -2.37. The predicted octanol–water partition coefficient (Wildman–Crippen LogP) is 1.78. The Labute approximate surface area is 112 Å². The minimum Gasteiger partial charge on any atom is -0.496 e. The number of halogens is 1. The van der Waals surface area contributed by atoms with Crippen LogP contribution in [-0.2, 0) is 0 Å². The number of nitrogens with zero attached hydrogens (tertiary/aromatic N) is 1. The fourth-order valence-electron chi connectivity index (χ4n) is 2.06. The molecular formula is C13H17ClN2O2. The van der Waals surface area contributed by atoms with Gasteiger partial charge in [0.25, 0.3) is 5.91 Å². The molecule has 1 fully saturated rings. The van der Waals surface area contributed by atoms with Crippen LogP contribution >= 0.6 is 11.6 Å². The van der Waals surface area contributed by atoms with E-state index in [0.29, 0.717) is 22.9 Å². The van der Waals surface area contributed by atoms with Gasteiger partial charge in [0.05, 0.1) is 18.7 Å². The summed E-state index contributed by atoms with van der Waals surface area (Å²) in [5.74, 6) is 0.524. The third-order valence-electron chi connectivity index (χ3n) is 3.20. The van der Waals surface area contributed by atoms with Crippen LogP contribution in [0.4, 0.5) is 0 Å². The van der Waals surface area contributed by atoms with E-state index in [1.54, 1.807) is 25.3 Å². The molecule has 0 unspecified atom stereocenters. The number of hydrogen-bond donors (Lipinski definition) is 1. The van der Waals surface area contributed by atoms with Crippen molar-refractivity contribution in [2.45, 2.75) is 13.0 Å². The molecule has 0 radical (unpaired) electrons. The maximum Gasteiger partial charge on any atom is 0.257 e. The predicted molar refractivity (Wildman–Crippen MR) is 71.4 cm³/mol. The van der Waals surface area contributed by atoms with Crippen molar-refractivity contribution < 1.29 is 9.53 Å². The van der Waals surface area contributed by atoms with Gasteiger partial charge in [0.2, 0.25) is 0 Å². The second-order valence-electron chi connectivity index (χ2n) is 4.25. The smallest absolute Gasteiger partial charge is 0.257 e. The molecule has 0 atom stereocenters. The standard InChI is InChI=1S/C13H17ClN2O2/c1-3-16(10-7-15-8-10)13(17)11-5-4-9(14)6-12(11)18-2/h4-6,10,15H,3,7-8H2,1-2H3. The number of amides is 1. The minimum absolute atomic E-state index is 0.00230. The highest BCUT2D eigenvalue weighted by Crippen LogP contribution is 2.25. The zero-order valence-corrected chi connectivity index (χ0v) is 11.3. The van der Waals surface area contributed by atoms with E-state index in [-0.39, 0.29) is 11.9 Å². The Morgan fingerprint density at radius 3 is 2.78 bits per heavy atom. The number of nitrogens with one attached hydrogen (secondary N) is 1. The summed E-state index contributed by atoms with van der Waals surface area (Å²) in [5, 5.41) is 3.74. The summed E-state index contributed by atoms with van der Waals surface area (Å²) in [6.07, 6.45) is 0. The van der Waals surface area contributed by atoms with Gasteiger partial charge in [-0.05, 0) is 25.1 Å². The summed E-state index contributed by atoms with van der Waals surface area (Å²) in [7, 11) is 1.55. The van der Waals surface area contributed by atoms with Gasteiger partial charge in [-0.15, -0.1) is 0 Å². The average molecular weight is 269 g/mol. The molecule has 1 aliphatic heterocycles. The van der Waals surface area contributed by atoms with Gasteiger partial charge in [-0.2, -0.15) is 0 Å². The van der Waals surface area contributed by atoms with E-state index in [0.717, 1.165) is 13.1 Å². The zero-order valence-electron chi connectivity index (χ0n) is 10.6. The van der Waals surface area contributed by atoms with Crippen LogP contribution in [0.2, 0.25) is 5.02 Å². The van der Waals surface area contributed by atoms with Gasteiger partial charge in [-0.25, -0.2) is 0 Å². The quantitative estimate of drug-likeness (QED) is 0.905. The maximum atomic E-state index is 12.5. The van der Waals surface area contributed by atoms with Crippen molar-refractivity contribution in [3.05, 3.63) is 28.8 Å². The first-order valence-electron chi connectivity index (χ1n) is 6.02. The Hall–Kier alpha value is -1.26. The Balaban J connectivity index is 2.26. The molecule has 1 aliphatic rings. The molecule has 1 aromatic carbocycles. The highest BCUT2D eigenvalue weighted by atomic mass is 35.5. The van der Waals surface area contributed by atoms with E-state index in [2.05, 4.69) is 5.32 Å². The molecule has 4 nitrogen and oxygen atoms in total. The first-order chi connectivity index (χ1) is 8.67. The third kappa shape index (κ3) is 2.44. The van der Waals surface area contributed by atoms with Crippen molar-refractivity contribution in [2.24, 2.45) is 0 Å². The van der Waals surface area contributed by atoms with Crippen LogP contribution in [-0.4, -0.2) is 43.6 Å². The van der Waals surface area contributed by atoms with Crippen LogP contribution < -0.4 is 10.1 Å². The summed E-state index contributed by atoms with van der Waals surface area (Å²) in [5.41, 5.74) is 0.565. The lowest BCUT2D eigenvalue weighted by molar-refractivity contribution is 0.0627. The molecule has 1 aromatic rings. The molecule has 1 heterocycles. The fourth-order valence-corrected chi connectivity index (χ4v) is 2.22. The summed E-state index contributed by atoms with van der Waals surface area (Å²) < 4.78 is 5.23. The van der Waals surface area contributed by atoms with Crippen LogP contribution in [0.15, 0.2) is 18.2 Å². The van der Waals surface area contributed by atoms with Crippen molar-refractivity contribution in [2.75, 3.05) is 26.7 Å². The van der Waals surface area contributed by atoms with Crippen LogP contribution in [0.3, 0.4) is 0 Å². The highest BCUT2D eigenvalue weighted by Gasteiger charge is 2.29. The summed E-state index contributed by atoms with van der Waals surface area (Å²) in [6, 6.07) is 5.38. The number of carbonyl (C=O) groups excluding carboxylic acids is 1. The number of methoxy groups -OCH3 is 1. The first kappa shape index (κ1) is 13.2. The van der Waals surface area contributed by atoms with Gasteiger partial charge in [-0.3, -0.25) is 4.79 Å². The number of likely N-dealkylation sites (N-methyl/N-ethyl adjacent to an activating group) is 1. The summed E-state index contributed by atoms with van der Waals surface area (Å²) >= 11 is 5.90. The van der Waals surface area contributed by atoms with Gasteiger partial charge in [0.15, 0.2) is 0 Å². The van der Waals surface area contributed by atoms with E-state index in [4.69, 9.17) is 16.3 Å².